The summed E-state index contributed by atoms with van der Waals surface area (Å²) in [5.41, 5.74) is 0.704. The lowest BCUT2D eigenvalue weighted by Gasteiger charge is -2.30. The van der Waals surface area contributed by atoms with E-state index in [0.29, 0.717) is 21.5 Å². The van der Waals surface area contributed by atoms with Crippen molar-refractivity contribution >= 4 is 23.2 Å². The molecule has 1 N–H and O–H groups in total. The first-order chi connectivity index (χ1) is 8.09. The second kappa shape index (κ2) is 5.60. The Morgan fingerprint density at radius 2 is 1.65 bits per heavy atom. The molecule has 0 aromatic heterocycles. The average molecular weight is 273 g/mol. The Hall–Kier alpha value is -0.240. The van der Waals surface area contributed by atoms with Crippen molar-refractivity contribution in [3.63, 3.8) is 0 Å². The first-order valence-corrected chi connectivity index (χ1v) is 6.97. The number of benzene rings is 1. The SMILES string of the molecule is CC1CCC(C(O)c2c(Cl)cccc2Cl)CC1. The smallest absolute Gasteiger partial charge is 0.0847 e. The van der Waals surface area contributed by atoms with Crippen LogP contribution in [-0.2, 0) is 0 Å². The molecular weight excluding hydrogens is 255 g/mol. The molecule has 1 aliphatic rings. The Morgan fingerprint density at radius 3 is 2.18 bits per heavy atom. The van der Waals surface area contributed by atoms with Crippen LogP contribution in [0.25, 0.3) is 0 Å². The Labute approximate surface area is 113 Å². The molecule has 1 aromatic rings. The van der Waals surface area contributed by atoms with E-state index in [2.05, 4.69) is 6.92 Å². The predicted molar refractivity (Wildman–Crippen MR) is 72.5 cm³/mol. The molecule has 0 heterocycles. The van der Waals surface area contributed by atoms with Crippen LogP contribution in [0.3, 0.4) is 0 Å². The lowest BCUT2D eigenvalue weighted by atomic mass is 9.78. The molecule has 1 nitrogen and oxygen atoms in total. The van der Waals surface area contributed by atoms with Crippen molar-refractivity contribution < 1.29 is 5.11 Å². The van der Waals surface area contributed by atoms with Crippen LogP contribution in [0.4, 0.5) is 0 Å². The molecule has 0 amide bonds. The molecule has 1 aliphatic carbocycles. The highest BCUT2D eigenvalue weighted by Crippen LogP contribution is 2.41. The number of aliphatic hydroxyl groups excluding tert-OH is 1. The van der Waals surface area contributed by atoms with E-state index in [1.165, 1.54) is 12.8 Å². The minimum atomic E-state index is -0.524. The van der Waals surface area contributed by atoms with E-state index < -0.39 is 6.10 Å². The summed E-state index contributed by atoms with van der Waals surface area (Å²) in [6.07, 6.45) is 3.96. The molecule has 17 heavy (non-hydrogen) atoms. The molecule has 1 aromatic carbocycles. The first kappa shape index (κ1) is 13.2. The van der Waals surface area contributed by atoms with Gasteiger partial charge in [-0.25, -0.2) is 0 Å². The van der Waals surface area contributed by atoms with E-state index in [-0.39, 0.29) is 0 Å². The lowest BCUT2D eigenvalue weighted by Crippen LogP contribution is -2.19. The number of aliphatic hydroxyl groups is 1. The maximum atomic E-state index is 10.4. The van der Waals surface area contributed by atoms with Gasteiger partial charge in [0.2, 0.25) is 0 Å². The highest BCUT2D eigenvalue weighted by molar-refractivity contribution is 6.36. The third-order valence-electron chi connectivity index (χ3n) is 3.80. The van der Waals surface area contributed by atoms with E-state index in [4.69, 9.17) is 23.2 Å². The van der Waals surface area contributed by atoms with Gasteiger partial charge in [-0.3, -0.25) is 0 Å². The Morgan fingerprint density at radius 1 is 1.12 bits per heavy atom. The van der Waals surface area contributed by atoms with Gasteiger partial charge in [0.25, 0.3) is 0 Å². The van der Waals surface area contributed by atoms with Crippen LogP contribution < -0.4 is 0 Å². The van der Waals surface area contributed by atoms with Crippen LogP contribution in [-0.4, -0.2) is 5.11 Å². The minimum absolute atomic E-state index is 0.295. The van der Waals surface area contributed by atoms with Gasteiger partial charge in [-0.1, -0.05) is 49.0 Å². The molecule has 2 rings (SSSR count). The number of halogens is 2. The molecule has 0 spiro atoms. The summed E-state index contributed by atoms with van der Waals surface area (Å²) in [7, 11) is 0. The summed E-state index contributed by atoms with van der Waals surface area (Å²) >= 11 is 12.3. The third-order valence-corrected chi connectivity index (χ3v) is 4.46. The summed E-state index contributed by atoms with van der Waals surface area (Å²) in [5, 5.41) is 11.6. The van der Waals surface area contributed by atoms with Crippen molar-refractivity contribution in [3.8, 4) is 0 Å². The van der Waals surface area contributed by atoms with Crippen LogP contribution in [0.2, 0.25) is 10.0 Å². The van der Waals surface area contributed by atoms with Crippen LogP contribution in [0.15, 0.2) is 18.2 Å². The molecule has 0 saturated heterocycles. The fourth-order valence-electron chi connectivity index (χ4n) is 2.63. The van der Waals surface area contributed by atoms with E-state index >= 15 is 0 Å². The van der Waals surface area contributed by atoms with Gasteiger partial charge in [0, 0.05) is 15.6 Å². The molecule has 94 valence electrons. The number of hydrogen-bond acceptors (Lipinski definition) is 1. The van der Waals surface area contributed by atoms with E-state index in [1.54, 1.807) is 12.1 Å². The fraction of sp³-hybridized carbons (Fsp3) is 0.571. The zero-order valence-electron chi connectivity index (χ0n) is 10.00. The fourth-order valence-corrected chi connectivity index (χ4v) is 3.25. The molecule has 0 aliphatic heterocycles. The minimum Gasteiger partial charge on any atom is -0.388 e. The zero-order chi connectivity index (χ0) is 12.4. The molecular formula is C14H18Cl2O. The monoisotopic (exact) mass is 272 g/mol. The van der Waals surface area contributed by atoms with Crippen molar-refractivity contribution in [2.24, 2.45) is 11.8 Å². The molecule has 3 heteroatoms. The van der Waals surface area contributed by atoms with Crippen molar-refractivity contribution in [2.75, 3.05) is 0 Å². The van der Waals surface area contributed by atoms with Gasteiger partial charge in [0.1, 0.15) is 0 Å². The van der Waals surface area contributed by atoms with Crippen molar-refractivity contribution in [3.05, 3.63) is 33.8 Å². The normalized spacial score (nSPS) is 26.8. The van der Waals surface area contributed by atoms with Gasteiger partial charge in [0.15, 0.2) is 0 Å². The third kappa shape index (κ3) is 2.96. The van der Waals surface area contributed by atoms with Gasteiger partial charge in [0.05, 0.1) is 6.10 Å². The molecule has 1 fully saturated rings. The highest BCUT2D eigenvalue weighted by atomic mass is 35.5. The second-order valence-corrected chi connectivity index (χ2v) is 5.91. The molecule has 1 unspecified atom stereocenters. The van der Waals surface area contributed by atoms with Crippen molar-refractivity contribution in [1.82, 2.24) is 0 Å². The number of rotatable bonds is 2. The topological polar surface area (TPSA) is 20.2 Å². The van der Waals surface area contributed by atoms with E-state index in [9.17, 15) is 5.11 Å². The van der Waals surface area contributed by atoms with E-state index in [0.717, 1.165) is 18.8 Å². The highest BCUT2D eigenvalue weighted by Gasteiger charge is 2.28. The molecule has 1 atom stereocenters. The summed E-state index contributed by atoms with van der Waals surface area (Å²) in [5.74, 6) is 1.07. The van der Waals surface area contributed by atoms with Crippen molar-refractivity contribution in [2.45, 2.75) is 38.7 Å². The standard InChI is InChI=1S/C14H18Cl2O/c1-9-5-7-10(8-6-9)14(17)13-11(15)3-2-4-12(13)16/h2-4,9-10,14,17H,5-8H2,1H3. The molecule has 1 saturated carbocycles. The Kier molecular flexibility index (Phi) is 4.35. The predicted octanol–water partition coefficient (Wildman–Crippen LogP) is 4.85. The van der Waals surface area contributed by atoms with Crippen molar-refractivity contribution in [1.29, 1.82) is 0 Å². The first-order valence-electron chi connectivity index (χ1n) is 6.21. The van der Waals surface area contributed by atoms with Gasteiger partial charge >= 0.3 is 0 Å². The molecule has 0 radical (unpaired) electrons. The van der Waals surface area contributed by atoms with Gasteiger partial charge in [-0.2, -0.15) is 0 Å². The van der Waals surface area contributed by atoms with Gasteiger partial charge < -0.3 is 5.11 Å². The summed E-state index contributed by atoms with van der Waals surface area (Å²) in [6, 6.07) is 5.39. The van der Waals surface area contributed by atoms with Crippen LogP contribution in [0, 0.1) is 11.8 Å². The van der Waals surface area contributed by atoms with E-state index in [1.807, 2.05) is 6.07 Å². The maximum absolute atomic E-state index is 10.4. The quantitative estimate of drug-likeness (QED) is 0.816. The lowest BCUT2D eigenvalue weighted by molar-refractivity contribution is 0.0757. The molecule has 0 bridgehead atoms. The maximum Gasteiger partial charge on any atom is 0.0847 e. The Bertz CT molecular complexity index is 364. The second-order valence-electron chi connectivity index (χ2n) is 5.10. The van der Waals surface area contributed by atoms with Crippen LogP contribution in [0.5, 0.6) is 0 Å². The largest absolute Gasteiger partial charge is 0.388 e. The summed E-state index contributed by atoms with van der Waals surface area (Å²) in [4.78, 5) is 0. The summed E-state index contributed by atoms with van der Waals surface area (Å²) in [6.45, 7) is 2.27. The van der Waals surface area contributed by atoms with Crippen LogP contribution >= 0.6 is 23.2 Å². The number of hydrogen-bond donors (Lipinski definition) is 1. The van der Waals surface area contributed by atoms with Crippen LogP contribution in [0.1, 0.15) is 44.3 Å². The van der Waals surface area contributed by atoms with Gasteiger partial charge in [-0.15, -0.1) is 0 Å². The average Bonchev–Trinajstić information content (AvgIpc) is 2.29. The zero-order valence-corrected chi connectivity index (χ0v) is 11.5. The Balaban J connectivity index is 2.16. The van der Waals surface area contributed by atoms with Gasteiger partial charge in [-0.05, 0) is 36.8 Å². The summed E-state index contributed by atoms with van der Waals surface area (Å²) < 4.78 is 0.